The molecule has 1 aliphatic rings. The molecule has 1 rings (SSSR count). The predicted molar refractivity (Wildman–Crippen MR) is 44.4 cm³/mol. The van der Waals surface area contributed by atoms with Crippen molar-refractivity contribution in [3.05, 3.63) is 31.2 Å². The molecule has 1 aliphatic carbocycles. The maximum Gasteiger partial charge on any atom is 4.00 e. The molecular formula is C9H16O2Zr. The van der Waals surface area contributed by atoms with Gasteiger partial charge in [0.2, 0.25) is 0 Å². The van der Waals surface area contributed by atoms with Crippen molar-refractivity contribution in [2.75, 3.05) is 14.2 Å². The van der Waals surface area contributed by atoms with Crippen molar-refractivity contribution in [1.82, 2.24) is 0 Å². The van der Waals surface area contributed by atoms with Gasteiger partial charge in [0.15, 0.2) is 0 Å². The topological polar surface area (TPSA) is 46.1 Å². The van der Waals surface area contributed by atoms with Gasteiger partial charge >= 0.3 is 26.2 Å². The van der Waals surface area contributed by atoms with Crippen LogP contribution in [-0.4, -0.2) is 14.2 Å². The third-order valence-corrected chi connectivity index (χ3v) is 0.867. The second kappa shape index (κ2) is 22.5. The minimum absolute atomic E-state index is 0. The van der Waals surface area contributed by atoms with Gasteiger partial charge in [-0.1, -0.05) is 6.92 Å². The van der Waals surface area contributed by atoms with Gasteiger partial charge in [-0.05, 0) is 0 Å². The summed E-state index contributed by atoms with van der Waals surface area (Å²) < 4.78 is 0. The standard InChI is InChI=1S/C6H7.2CH3O.CH3.Zr/c1-6-4-2-3-5-6;2*1-2;;/h2,4H,3H2,1H3;2*1H3;1H3;/q4*-1;+4. The molecule has 0 bridgehead atoms. The van der Waals surface area contributed by atoms with Gasteiger partial charge in [-0.25, -0.2) is 11.6 Å². The third kappa shape index (κ3) is 16.7. The van der Waals surface area contributed by atoms with E-state index in [0.717, 1.165) is 20.6 Å². The van der Waals surface area contributed by atoms with Crippen LogP contribution in [0, 0.1) is 13.5 Å². The van der Waals surface area contributed by atoms with Gasteiger partial charge in [-0.2, -0.15) is 20.3 Å². The van der Waals surface area contributed by atoms with E-state index in [1.54, 1.807) is 0 Å². The van der Waals surface area contributed by atoms with Crippen LogP contribution >= 0.6 is 0 Å². The van der Waals surface area contributed by atoms with Crippen LogP contribution in [-0.2, 0) is 26.2 Å². The van der Waals surface area contributed by atoms with E-state index in [1.165, 1.54) is 5.57 Å². The van der Waals surface area contributed by atoms with Crippen LogP contribution in [0.3, 0.4) is 0 Å². The first kappa shape index (κ1) is 22.8. The van der Waals surface area contributed by atoms with Crippen molar-refractivity contribution < 1.29 is 36.4 Å². The van der Waals surface area contributed by atoms with Crippen LogP contribution in [0.2, 0.25) is 0 Å². The molecule has 0 saturated carbocycles. The summed E-state index contributed by atoms with van der Waals surface area (Å²) >= 11 is 0. The van der Waals surface area contributed by atoms with E-state index in [2.05, 4.69) is 25.2 Å². The Morgan fingerprint density at radius 1 is 1.25 bits per heavy atom. The molecule has 2 nitrogen and oxygen atoms in total. The van der Waals surface area contributed by atoms with Gasteiger partial charge in [-0.15, -0.1) is 6.42 Å². The van der Waals surface area contributed by atoms with E-state index in [-0.39, 0.29) is 33.6 Å². The van der Waals surface area contributed by atoms with Crippen molar-refractivity contribution in [1.29, 1.82) is 0 Å². The Morgan fingerprint density at radius 3 is 1.75 bits per heavy atom. The molecule has 0 spiro atoms. The Balaban J connectivity index is -0.0000000480. The average molecular weight is 247 g/mol. The van der Waals surface area contributed by atoms with E-state index in [1.807, 2.05) is 0 Å². The predicted octanol–water partition coefficient (Wildman–Crippen LogP) is 0.0966. The molecule has 0 N–H and O–H groups in total. The van der Waals surface area contributed by atoms with Crippen LogP contribution in [0.25, 0.3) is 0 Å². The Kier molecular flexibility index (Phi) is 42.7. The van der Waals surface area contributed by atoms with E-state index >= 15 is 0 Å². The van der Waals surface area contributed by atoms with Crippen LogP contribution in [0.15, 0.2) is 17.7 Å². The van der Waals surface area contributed by atoms with Gasteiger partial charge < -0.3 is 17.6 Å². The second-order valence-electron chi connectivity index (χ2n) is 1.47. The molecule has 0 aromatic carbocycles. The first-order valence-corrected chi connectivity index (χ1v) is 2.95. The van der Waals surface area contributed by atoms with E-state index in [4.69, 9.17) is 10.2 Å². The minimum Gasteiger partial charge on any atom is -0.857 e. The summed E-state index contributed by atoms with van der Waals surface area (Å²) in [4.78, 5) is 0. The Bertz CT molecular complexity index is 106. The molecule has 0 aromatic heterocycles. The van der Waals surface area contributed by atoms with Crippen LogP contribution in [0.4, 0.5) is 0 Å². The maximum absolute atomic E-state index is 8.25. The number of hydrogen-bond donors (Lipinski definition) is 0. The van der Waals surface area contributed by atoms with Gasteiger partial charge in [0.05, 0.1) is 0 Å². The van der Waals surface area contributed by atoms with Crippen molar-refractivity contribution >= 4 is 0 Å². The fourth-order valence-corrected chi connectivity index (χ4v) is 0.515. The Hall–Kier alpha value is 0.283. The van der Waals surface area contributed by atoms with Gasteiger partial charge in [0.25, 0.3) is 0 Å². The van der Waals surface area contributed by atoms with Crippen LogP contribution in [0.5, 0.6) is 0 Å². The smallest absolute Gasteiger partial charge is 0.857 e. The van der Waals surface area contributed by atoms with Gasteiger partial charge in [0.1, 0.15) is 0 Å². The van der Waals surface area contributed by atoms with Crippen LogP contribution < -0.4 is 10.2 Å². The van der Waals surface area contributed by atoms with Crippen molar-refractivity contribution in [2.45, 2.75) is 13.3 Å². The monoisotopic (exact) mass is 246 g/mol. The third-order valence-electron chi connectivity index (χ3n) is 0.867. The summed E-state index contributed by atoms with van der Waals surface area (Å²) in [5, 5.41) is 16.5. The fraction of sp³-hybridized carbons (Fsp3) is 0.444. The molecule has 0 fully saturated rings. The molecule has 0 aliphatic heterocycles. The first-order valence-electron chi connectivity index (χ1n) is 2.95. The number of hydrogen-bond acceptors (Lipinski definition) is 2. The van der Waals surface area contributed by atoms with Crippen molar-refractivity contribution in [3.8, 4) is 0 Å². The van der Waals surface area contributed by atoms with Crippen LogP contribution in [0.1, 0.15) is 13.3 Å². The van der Waals surface area contributed by atoms with Crippen molar-refractivity contribution in [3.63, 3.8) is 0 Å². The molecule has 3 heteroatoms. The molecule has 0 saturated heterocycles. The SMILES string of the molecule is CC1=[C-]CC=C1.C[O-].C[O-].[CH3-].[Zr+4]. The normalized spacial score (nSPS) is 10.2. The van der Waals surface area contributed by atoms with E-state index < -0.39 is 0 Å². The summed E-state index contributed by atoms with van der Waals surface area (Å²) in [7, 11) is 1.50. The quantitative estimate of drug-likeness (QED) is 0.570. The Labute approximate surface area is 95.1 Å². The summed E-state index contributed by atoms with van der Waals surface area (Å²) in [6.45, 7) is 2.06. The largest absolute Gasteiger partial charge is 4.00 e. The Morgan fingerprint density at radius 2 is 1.67 bits per heavy atom. The first-order chi connectivity index (χ1) is 4.89. The molecule has 0 atom stereocenters. The second-order valence-corrected chi connectivity index (χ2v) is 1.47. The zero-order valence-corrected chi connectivity index (χ0v) is 10.6. The molecular weight excluding hydrogens is 231 g/mol. The fourth-order valence-electron chi connectivity index (χ4n) is 0.515. The molecule has 0 heterocycles. The summed E-state index contributed by atoms with van der Waals surface area (Å²) in [5.74, 6) is 0. The van der Waals surface area contributed by atoms with Crippen molar-refractivity contribution in [2.24, 2.45) is 0 Å². The molecule has 0 aromatic rings. The molecule has 0 unspecified atom stereocenters. The summed E-state index contributed by atoms with van der Waals surface area (Å²) in [5.41, 5.74) is 1.27. The van der Waals surface area contributed by atoms with Gasteiger partial charge in [0, 0.05) is 0 Å². The zero-order chi connectivity index (χ0) is 8.41. The molecule has 0 radical (unpaired) electrons. The average Bonchev–Trinajstić information content (AvgIpc) is 2.48. The number of allylic oxidation sites excluding steroid dienone is 4. The maximum atomic E-state index is 8.25. The minimum atomic E-state index is 0. The molecule has 12 heavy (non-hydrogen) atoms. The van der Waals surface area contributed by atoms with Gasteiger partial charge in [-0.3, -0.25) is 6.08 Å². The summed E-state index contributed by atoms with van der Waals surface area (Å²) in [6.07, 6.45) is 8.33. The van der Waals surface area contributed by atoms with E-state index in [9.17, 15) is 0 Å². The van der Waals surface area contributed by atoms with E-state index in [0.29, 0.717) is 0 Å². The zero-order valence-electron chi connectivity index (χ0n) is 8.18. The number of rotatable bonds is 0. The summed E-state index contributed by atoms with van der Waals surface area (Å²) in [6, 6.07) is 0. The molecule has 0 amide bonds. The molecule has 68 valence electrons.